The molecule has 1 atom stereocenters. The molecule has 1 aromatic heterocycles. The van der Waals surface area contributed by atoms with Crippen molar-refractivity contribution in [1.82, 2.24) is 9.88 Å². The summed E-state index contributed by atoms with van der Waals surface area (Å²) in [6.07, 6.45) is 6.06. The van der Waals surface area contributed by atoms with Crippen LogP contribution < -0.4 is 0 Å². The van der Waals surface area contributed by atoms with Crippen molar-refractivity contribution in [3.8, 4) is 0 Å². The fraction of sp³-hybridized carbons (Fsp3) is 0.750. The molecule has 1 N–H and O–H groups in total. The van der Waals surface area contributed by atoms with Crippen LogP contribution in [0.4, 0.5) is 0 Å². The fourth-order valence-electron chi connectivity index (χ4n) is 2.80. The van der Waals surface area contributed by atoms with Crippen molar-refractivity contribution in [3.63, 3.8) is 0 Å². The van der Waals surface area contributed by atoms with Crippen LogP contribution in [0.2, 0.25) is 0 Å². The van der Waals surface area contributed by atoms with Crippen LogP contribution in [-0.2, 0) is 19.4 Å². The number of aromatic nitrogens is 1. The number of rotatable bonds is 3. The molecule has 3 rings (SSSR count). The van der Waals surface area contributed by atoms with Gasteiger partial charge >= 0.3 is 0 Å². The Balaban J connectivity index is 1.69. The van der Waals surface area contributed by atoms with Gasteiger partial charge in [-0.25, -0.2) is 4.98 Å². The van der Waals surface area contributed by atoms with Gasteiger partial charge in [0.15, 0.2) is 0 Å². The number of hydrogen-bond acceptors (Lipinski definition) is 4. The van der Waals surface area contributed by atoms with E-state index in [-0.39, 0.29) is 0 Å². The third-order valence-corrected chi connectivity index (χ3v) is 4.83. The van der Waals surface area contributed by atoms with Gasteiger partial charge in [-0.3, -0.25) is 4.90 Å². The van der Waals surface area contributed by atoms with Crippen molar-refractivity contribution >= 4 is 11.3 Å². The van der Waals surface area contributed by atoms with Crippen molar-refractivity contribution in [3.05, 3.63) is 15.6 Å². The van der Waals surface area contributed by atoms with Crippen LogP contribution in [0.15, 0.2) is 0 Å². The Morgan fingerprint density at radius 3 is 3.12 bits per heavy atom. The summed E-state index contributed by atoms with van der Waals surface area (Å²) in [7, 11) is 0. The van der Waals surface area contributed by atoms with Crippen LogP contribution in [-0.4, -0.2) is 34.2 Å². The number of aliphatic hydroxyl groups excluding tert-OH is 1. The normalized spacial score (nSPS) is 25.2. The number of hydrogen-bond donors (Lipinski definition) is 1. The predicted molar refractivity (Wildman–Crippen MR) is 64.7 cm³/mol. The first-order chi connectivity index (χ1) is 7.86. The second kappa shape index (κ2) is 4.43. The van der Waals surface area contributed by atoms with E-state index >= 15 is 0 Å². The van der Waals surface area contributed by atoms with Gasteiger partial charge < -0.3 is 5.11 Å². The Morgan fingerprint density at radius 2 is 2.31 bits per heavy atom. The van der Waals surface area contributed by atoms with Gasteiger partial charge in [-0.05, 0) is 38.6 Å². The molecule has 88 valence electrons. The van der Waals surface area contributed by atoms with Crippen LogP contribution >= 0.6 is 11.3 Å². The highest BCUT2D eigenvalue weighted by atomic mass is 32.1. The van der Waals surface area contributed by atoms with Gasteiger partial charge in [0.1, 0.15) is 5.01 Å². The van der Waals surface area contributed by atoms with Crippen LogP contribution in [0.1, 0.15) is 34.8 Å². The Kier molecular flexibility index (Phi) is 2.96. The summed E-state index contributed by atoms with van der Waals surface area (Å²) in [5.41, 5.74) is 1.35. The maximum atomic E-state index is 9.27. The number of aliphatic hydroxyl groups is 1. The minimum absolute atomic E-state index is 0.297. The van der Waals surface area contributed by atoms with E-state index in [1.165, 1.54) is 41.3 Å². The first-order valence-electron chi connectivity index (χ1n) is 6.19. The first-order valence-corrected chi connectivity index (χ1v) is 7.01. The SMILES string of the molecule is OCC1CCCN1Cc1nc2c(s1)CCC2. The van der Waals surface area contributed by atoms with E-state index in [4.69, 9.17) is 4.98 Å². The van der Waals surface area contributed by atoms with Gasteiger partial charge in [-0.15, -0.1) is 11.3 Å². The predicted octanol–water partition coefficient (Wildman–Crippen LogP) is 1.59. The molecule has 0 amide bonds. The zero-order valence-electron chi connectivity index (χ0n) is 9.48. The zero-order chi connectivity index (χ0) is 11.0. The van der Waals surface area contributed by atoms with E-state index in [1.807, 2.05) is 11.3 Å². The fourth-order valence-corrected chi connectivity index (χ4v) is 3.98. The first kappa shape index (κ1) is 10.7. The second-order valence-corrected chi connectivity index (χ2v) is 5.95. The molecule has 2 heterocycles. The Bertz CT molecular complexity index is 356. The molecular weight excluding hydrogens is 220 g/mol. The van der Waals surface area contributed by atoms with E-state index in [0.29, 0.717) is 12.6 Å². The van der Waals surface area contributed by atoms with E-state index in [2.05, 4.69) is 4.90 Å². The van der Waals surface area contributed by atoms with Crippen molar-refractivity contribution < 1.29 is 5.11 Å². The van der Waals surface area contributed by atoms with Gasteiger partial charge in [-0.2, -0.15) is 0 Å². The van der Waals surface area contributed by atoms with Crippen molar-refractivity contribution in [2.45, 2.75) is 44.7 Å². The highest BCUT2D eigenvalue weighted by molar-refractivity contribution is 7.11. The minimum Gasteiger partial charge on any atom is -0.395 e. The minimum atomic E-state index is 0.297. The standard InChI is InChI=1S/C12H18N2OS/c15-8-9-3-2-6-14(9)7-12-13-10-4-1-5-11(10)16-12/h9,15H,1-8H2. The molecule has 16 heavy (non-hydrogen) atoms. The lowest BCUT2D eigenvalue weighted by Crippen LogP contribution is -2.31. The van der Waals surface area contributed by atoms with Crippen LogP contribution in [0.5, 0.6) is 0 Å². The number of thiazole rings is 1. The lowest BCUT2D eigenvalue weighted by Gasteiger charge is -2.21. The van der Waals surface area contributed by atoms with Crippen molar-refractivity contribution in [2.24, 2.45) is 0 Å². The molecule has 1 aromatic rings. The summed E-state index contributed by atoms with van der Waals surface area (Å²) in [6.45, 7) is 2.36. The summed E-state index contributed by atoms with van der Waals surface area (Å²) in [5.74, 6) is 0. The third-order valence-electron chi connectivity index (χ3n) is 3.69. The van der Waals surface area contributed by atoms with Crippen molar-refractivity contribution in [2.75, 3.05) is 13.2 Å². The van der Waals surface area contributed by atoms with Gasteiger partial charge in [0, 0.05) is 10.9 Å². The summed E-state index contributed by atoms with van der Waals surface area (Å²) >= 11 is 1.89. The number of likely N-dealkylation sites (tertiary alicyclic amines) is 1. The summed E-state index contributed by atoms with van der Waals surface area (Å²) in [5, 5.41) is 10.5. The smallest absolute Gasteiger partial charge is 0.107 e. The zero-order valence-corrected chi connectivity index (χ0v) is 10.3. The van der Waals surface area contributed by atoms with E-state index in [1.54, 1.807) is 0 Å². The molecule has 0 saturated carbocycles. The molecule has 4 heteroatoms. The molecule has 2 aliphatic rings. The molecule has 1 fully saturated rings. The summed E-state index contributed by atoms with van der Waals surface area (Å²) in [4.78, 5) is 8.61. The monoisotopic (exact) mass is 238 g/mol. The third kappa shape index (κ3) is 1.90. The number of aryl methyl sites for hydroxylation is 2. The van der Waals surface area contributed by atoms with Gasteiger partial charge in [0.2, 0.25) is 0 Å². The average molecular weight is 238 g/mol. The average Bonchev–Trinajstić information content (AvgIpc) is 2.92. The van der Waals surface area contributed by atoms with Gasteiger partial charge in [0.05, 0.1) is 18.8 Å². The molecule has 0 aromatic carbocycles. The molecule has 1 unspecified atom stereocenters. The molecule has 1 saturated heterocycles. The highest BCUT2D eigenvalue weighted by Crippen LogP contribution is 2.29. The lowest BCUT2D eigenvalue weighted by atomic mass is 10.2. The Labute approximate surface area is 100 Å². The molecule has 0 bridgehead atoms. The quantitative estimate of drug-likeness (QED) is 0.868. The lowest BCUT2D eigenvalue weighted by molar-refractivity contribution is 0.153. The molecule has 3 nitrogen and oxygen atoms in total. The molecule has 0 radical (unpaired) electrons. The van der Waals surface area contributed by atoms with Gasteiger partial charge in [0.25, 0.3) is 0 Å². The number of nitrogens with zero attached hydrogens (tertiary/aromatic N) is 2. The maximum absolute atomic E-state index is 9.27. The van der Waals surface area contributed by atoms with Crippen LogP contribution in [0.3, 0.4) is 0 Å². The summed E-state index contributed by atoms with van der Waals surface area (Å²) < 4.78 is 0. The van der Waals surface area contributed by atoms with Gasteiger partial charge in [-0.1, -0.05) is 0 Å². The summed E-state index contributed by atoms with van der Waals surface area (Å²) in [6, 6.07) is 0.374. The van der Waals surface area contributed by atoms with Crippen molar-refractivity contribution in [1.29, 1.82) is 0 Å². The maximum Gasteiger partial charge on any atom is 0.107 e. The van der Waals surface area contributed by atoms with Crippen LogP contribution in [0.25, 0.3) is 0 Å². The topological polar surface area (TPSA) is 36.4 Å². The van der Waals surface area contributed by atoms with E-state index in [0.717, 1.165) is 19.5 Å². The molecule has 1 aliphatic carbocycles. The molecule has 1 aliphatic heterocycles. The molecular formula is C12H18N2OS. The largest absolute Gasteiger partial charge is 0.395 e. The van der Waals surface area contributed by atoms with E-state index in [9.17, 15) is 5.11 Å². The number of fused-ring (bicyclic) bond motifs is 1. The molecule has 0 spiro atoms. The Morgan fingerprint density at radius 1 is 1.38 bits per heavy atom. The Hall–Kier alpha value is -0.450. The second-order valence-electron chi connectivity index (χ2n) is 4.78. The van der Waals surface area contributed by atoms with E-state index < -0.39 is 0 Å². The van der Waals surface area contributed by atoms with Crippen LogP contribution in [0, 0.1) is 0 Å². The highest BCUT2D eigenvalue weighted by Gasteiger charge is 2.25.